The highest BCUT2D eigenvalue weighted by atomic mass is 16.6. The van der Waals surface area contributed by atoms with Crippen molar-refractivity contribution >= 4 is 5.91 Å². The van der Waals surface area contributed by atoms with Gasteiger partial charge in [-0.25, -0.2) is 5.48 Å². The van der Waals surface area contributed by atoms with Crippen LogP contribution in [0.3, 0.4) is 0 Å². The quantitative estimate of drug-likeness (QED) is 0.443. The third-order valence-electron chi connectivity index (χ3n) is 0.893. The van der Waals surface area contributed by atoms with Gasteiger partial charge in [-0.1, -0.05) is 0 Å². The van der Waals surface area contributed by atoms with E-state index in [2.05, 4.69) is 10.3 Å². The minimum atomic E-state index is -0.157. The Morgan fingerprint density at radius 1 is 1.60 bits per heavy atom. The monoisotopic (exact) mass is 147 g/mol. The van der Waals surface area contributed by atoms with Crippen LogP contribution in [0.1, 0.15) is 13.3 Å². The van der Waals surface area contributed by atoms with Crippen LogP contribution in [-0.4, -0.2) is 26.2 Å². The molecule has 10 heavy (non-hydrogen) atoms. The Balaban J connectivity index is 3.05. The van der Waals surface area contributed by atoms with Crippen LogP contribution in [0.2, 0.25) is 0 Å². The van der Waals surface area contributed by atoms with Crippen LogP contribution in [0.15, 0.2) is 0 Å². The summed E-state index contributed by atoms with van der Waals surface area (Å²) in [6.45, 7) is 2.97. The van der Waals surface area contributed by atoms with Crippen molar-refractivity contribution in [2.24, 2.45) is 0 Å². The number of ether oxygens (including phenoxy) is 1. The highest BCUT2D eigenvalue weighted by Crippen LogP contribution is 1.81. The Kier molecular flexibility index (Phi) is 6.11. The van der Waals surface area contributed by atoms with Crippen molar-refractivity contribution in [3.63, 3.8) is 0 Å². The summed E-state index contributed by atoms with van der Waals surface area (Å²) in [6.07, 6.45) is 0.349. The van der Waals surface area contributed by atoms with Crippen molar-refractivity contribution in [2.45, 2.75) is 13.3 Å². The molecule has 1 N–H and O–H groups in total. The molecular weight excluding hydrogens is 134 g/mol. The summed E-state index contributed by atoms with van der Waals surface area (Å²) in [5.41, 5.74) is 2.19. The highest BCUT2D eigenvalue weighted by molar-refractivity contribution is 5.74. The van der Waals surface area contributed by atoms with Crippen LogP contribution >= 0.6 is 0 Å². The maximum absolute atomic E-state index is 10.6. The lowest BCUT2D eigenvalue weighted by molar-refractivity contribution is -0.132. The zero-order valence-electron chi connectivity index (χ0n) is 6.35. The number of carbonyl (C=O) groups is 1. The van der Waals surface area contributed by atoms with E-state index >= 15 is 0 Å². The fraction of sp³-hybridized carbons (Fsp3) is 0.833. The molecule has 0 rings (SSSR count). The molecule has 0 atom stereocenters. The average molecular weight is 147 g/mol. The maximum atomic E-state index is 10.6. The van der Waals surface area contributed by atoms with E-state index in [1.807, 2.05) is 6.92 Å². The van der Waals surface area contributed by atoms with Gasteiger partial charge in [0.25, 0.3) is 0 Å². The first-order valence-corrected chi connectivity index (χ1v) is 3.20. The summed E-state index contributed by atoms with van der Waals surface area (Å²) in [6, 6.07) is 0. The molecule has 0 heterocycles. The maximum Gasteiger partial charge on any atom is 0.245 e. The molecule has 4 heteroatoms. The van der Waals surface area contributed by atoms with Gasteiger partial charge in [0.1, 0.15) is 0 Å². The van der Waals surface area contributed by atoms with Crippen molar-refractivity contribution in [2.75, 3.05) is 20.3 Å². The number of nitrogens with one attached hydrogen (secondary N) is 1. The normalized spacial score (nSPS) is 9.40. The molecule has 1 amide bonds. The number of hydrogen-bond donors (Lipinski definition) is 1. The Bertz CT molecular complexity index is 95.0. The van der Waals surface area contributed by atoms with E-state index in [1.165, 1.54) is 7.11 Å². The molecule has 0 aliphatic carbocycles. The van der Waals surface area contributed by atoms with Gasteiger partial charge in [0.05, 0.1) is 20.1 Å². The Morgan fingerprint density at radius 2 is 2.30 bits per heavy atom. The third kappa shape index (κ3) is 5.53. The molecule has 0 unspecified atom stereocenters. The van der Waals surface area contributed by atoms with E-state index in [9.17, 15) is 4.79 Å². The van der Waals surface area contributed by atoms with Gasteiger partial charge in [-0.15, -0.1) is 0 Å². The van der Waals surface area contributed by atoms with Crippen LogP contribution in [-0.2, 0) is 14.4 Å². The highest BCUT2D eigenvalue weighted by Gasteiger charge is 1.97. The average Bonchev–Trinajstić information content (AvgIpc) is 1.89. The molecule has 0 aromatic heterocycles. The van der Waals surface area contributed by atoms with Gasteiger partial charge in [-0.05, 0) is 6.92 Å². The van der Waals surface area contributed by atoms with E-state index in [0.717, 1.165) is 0 Å². The predicted octanol–water partition coefficient (Wildman–Crippen LogP) is 0.0906. The van der Waals surface area contributed by atoms with Crippen molar-refractivity contribution in [1.29, 1.82) is 0 Å². The lowest BCUT2D eigenvalue weighted by Gasteiger charge is -2.00. The van der Waals surface area contributed by atoms with E-state index in [0.29, 0.717) is 19.6 Å². The standard InChI is InChI=1S/C6H13NO3/c1-3-10-5-4-6(8)7-9-2/h3-5H2,1-2H3,(H,7,8). The molecule has 0 aromatic carbocycles. The minimum absolute atomic E-state index is 0.157. The Labute approximate surface area is 60.5 Å². The van der Waals surface area contributed by atoms with Crippen LogP contribution in [0, 0.1) is 0 Å². The zero-order valence-corrected chi connectivity index (χ0v) is 6.35. The van der Waals surface area contributed by atoms with Crippen molar-refractivity contribution in [3.05, 3.63) is 0 Å². The predicted molar refractivity (Wildman–Crippen MR) is 36.3 cm³/mol. The van der Waals surface area contributed by atoms with E-state index in [4.69, 9.17) is 4.74 Å². The van der Waals surface area contributed by atoms with Gasteiger partial charge in [-0.2, -0.15) is 0 Å². The van der Waals surface area contributed by atoms with Crippen molar-refractivity contribution < 1.29 is 14.4 Å². The van der Waals surface area contributed by atoms with Crippen LogP contribution in [0.25, 0.3) is 0 Å². The van der Waals surface area contributed by atoms with E-state index < -0.39 is 0 Å². The van der Waals surface area contributed by atoms with Gasteiger partial charge in [0.2, 0.25) is 5.91 Å². The number of hydrogen-bond acceptors (Lipinski definition) is 3. The zero-order chi connectivity index (χ0) is 7.82. The first-order chi connectivity index (χ1) is 4.81. The molecule has 0 aliphatic rings. The summed E-state index contributed by atoms with van der Waals surface area (Å²) < 4.78 is 4.93. The van der Waals surface area contributed by atoms with Crippen molar-refractivity contribution in [1.82, 2.24) is 5.48 Å². The van der Waals surface area contributed by atoms with Crippen LogP contribution in [0.4, 0.5) is 0 Å². The van der Waals surface area contributed by atoms with Gasteiger partial charge < -0.3 is 4.74 Å². The number of rotatable bonds is 5. The van der Waals surface area contributed by atoms with E-state index in [1.54, 1.807) is 0 Å². The number of carbonyl (C=O) groups excluding carboxylic acids is 1. The summed E-state index contributed by atoms with van der Waals surface area (Å²) in [7, 11) is 1.40. The van der Waals surface area contributed by atoms with Crippen LogP contribution in [0.5, 0.6) is 0 Å². The van der Waals surface area contributed by atoms with Gasteiger partial charge in [0.15, 0.2) is 0 Å². The molecule has 0 saturated heterocycles. The van der Waals surface area contributed by atoms with Gasteiger partial charge in [0, 0.05) is 6.61 Å². The minimum Gasteiger partial charge on any atom is -0.381 e. The largest absolute Gasteiger partial charge is 0.381 e. The fourth-order valence-corrected chi connectivity index (χ4v) is 0.474. The molecule has 0 aromatic rings. The second-order valence-electron chi connectivity index (χ2n) is 1.68. The second kappa shape index (κ2) is 6.51. The molecule has 60 valence electrons. The Morgan fingerprint density at radius 3 is 2.80 bits per heavy atom. The molecule has 0 spiro atoms. The SMILES string of the molecule is CCOCCC(=O)NOC. The Hall–Kier alpha value is -0.610. The number of hydroxylamine groups is 1. The molecule has 0 fully saturated rings. The lowest BCUT2D eigenvalue weighted by atomic mass is 10.4. The molecule has 0 radical (unpaired) electrons. The molecule has 4 nitrogen and oxygen atoms in total. The van der Waals surface area contributed by atoms with E-state index in [-0.39, 0.29) is 5.91 Å². The smallest absolute Gasteiger partial charge is 0.245 e. The molecule has 0 bridgehead atoms. The van der Waals surface area contributed by atoms with Gasteiger partial charge >= 0.3 is 0 Å². The fourth-order valence-electron chi connectivity index (χ4n) is 0.474. The summed E-state index contributed by atoms with van der Waals surface area (Å²) >= 11 is 0. The lowest BCUT2D eigenvalue weighted by Crippen LogP contribution is -2.22. The summed E-state index contributed by atoms with van der Waals surface area (Å²) in [5, 5.41) is 0. The summed E-state index contributed by atoms with van der Waals surface area (Å²) in [4.78, 5) is 15.0. The van der Waals surface area contributed by atoms with Crippen molar-refractivity contribution in [3.8, 4) is 0 Å². The molecule has 0 saturated carbocycles. The third-order valence-corrected chi connectivity index (χ3v) is 0.893. The first-order valence-electron chi connectivity index (χ1n) is 3.20. The topological polar surface area (TPSA) is 47.6 Å². The number of amides is 1. The van der Waals surface area contributed by atoms with Gasteiger partial charge in [-0.3, -0.25) is 9.63 Å². The molecular formula is C6H13NO3. The molecule has 0 aliphatic heterocycles. The van der Waals surface area contributed by atoms with Crippen LogP contribution < -0.4 is 5.48 Å². The summed E-state index contributed by atoms with van der Waals surface area (Å²) in [5.74, 6) is -0.157. The first kappa shape index (κ1) is 9.39. The second-order valence-corrected chi connectivity index (χ2v) is 1.68.